The van der Waals surface area contributed by atoms with Crippen molar-refractivity contribution in [2.45, 2.75) is 26.2 Å². The van der Waals surface area contributed by atoms with Crippen molar-refractivity contribution < 1.29 is 21.1 Å². The van der Waals surface area contributed by atoms with Crippen LogP contribution in [-0.2, 0) is 26.5 Å². The Morgan fingerprint density at radius 1 is 1.12 bits per heavy atom. The first kappa shape index (κ1) is 14.1. The molecule has 0 aliphatic rings. The molecule has 1 nitrogen and oxygen atoms in total. The summed E-state index contributed by atoms with van der Waals surface area (Å²) in [6.07, 6.45) is 1.81. The molecule has 1 aromatic carbocycles. The molecule has 0 bridgehead atoms. The second-order valence-electron chi connectivity index (χ2n) is 4.96. The topological polar surface area (TPSA) is 12.9 Å². The Kier molecular flexibility index (Phi) is 4.65. The molecule has 0 amide bonds. The standard InChI is InChI=1S/C15H16N.Pt/c1-15(2,3)13-8-6-7-12(11-13)14-9-4-5-10-16-14;/h4-6,8-11H,1-3H3;/q-1;. The van der Waals surface area contributed by atoms with Crippen molar-refractivity contribution in [1.82, 2.24) is 4.98 Å². The predicted octanol–water partition coefficient (Wildman–Crippen LogP) is 3.84. The first-order chi connectivity index (χ1) is 7.57. The van der Waals surface area contributed by atoms with Gasteiger partial charge in [-0.1, -0.05) is 32.9 Å². The van der Waals surface area contributed by atoms with E-state index >= 15 is 0 Å². The van der Waals surface area contributed by atoms with Crippen LogP contribution in [0.25, 0.3) is 11.3 Å². The summed E-state index contributed by atoms with van der Waals surface area (Å²) in [5, 5.41) is 0. The molecular formula is C15H16NPt-. The molecule has 0 atom stereocenters. The molecule has 2 heteroatoms. The summed E-state index contributed by atoms with van der Waals surface area (Å²) in [6.45, 7) is 6.64. The molecule has 0 saturated heterocycles. The first-order valence-electron chi connectivity index (χ1n) is 5.51. The Bertz CT molecular complexity index is 472. The fraction of sp³-hybridized carbons (Fsp3) is 0.267. The van der Waals surface area contributed by atoms with Gasteiger partial charge in [-0.25, -0.2) is 0 Å². The number of pyridine rings is 1. The number of nitrogens with zero attached hydrogens (tertiary/aromatic N) is 1. The van der Waals surface area contributed by atoms with Crippen LogP contribution in [0.2, 0.25) is 0 Å². The van der Waals surface area contributed by atoms with Gasteiger partial charge in [-0.3, -0.25) is 0 Å². The minimum Gasteiger partial charge on any atom is -0.305 e. The molecule has 0 aliphatic heterocycles. The Morgan fingerprint density at radius 3 is 2.47 bits per heavy atom. The van der Waals surface area contributed by atoms with Gasteiger partial charge in [-0.2, -0.15) is 0 Å². The van der Waals surface area contributed by atoms with Crippen LogP contribution < -0.4 is 0 Å². The maximum atomic E-state index is 4.34. The molecule has 1 aromatic heterocycles. The average Bonchev–Trinajstić information content (AvgIpc) is 2.29. The van der Waals surface area contributed by atoms with Gasteiger partial charge in [0.05, 0.1) is 0 Å². The average molecular weight is 405 g/mol. The van der Waals surface area contributed by atoms with Gasteiger partial charge >= 0.3 is 0 Å². The smallest absolute Gasteiger partial charge is 0.0160 e. The van der Waals surface area contributed by atoms with Crippen molar-refractivity contribution in [3.63, 3.8) is 0 Å². The molecule has 0 fully saturated rings. The van der Waals surface area contributed by atoms with E-state index in [2.05, 4.69) is 44.0 Å². The molecule has 0 spiro atoms. The molecule has 0 radical (unpaired) electrons. The summed E-state index contributed by atoms with van der Waals surface area (Å²) >= 11 is 0. The number of hydrogen-bond acceptors (Lipinski definition) is 1. The molecule has 0 N–H and O–H groups in total. The number of aromatic nitrogens is 1. The molecule has 0 unspecified atom stereocenters. The van der Waals surface area contributed by atoms with Gasteiger partial charge in [0.25, 0.3) is 0 Å². The third-order valence-electron chi connectivity index (χ3n) is 2.61. The molecule has 1 heterocycles. The summed E-state index contributed by atoms with van der Waals surface area (Å²) in [6, 6.07) is 15.4. The van der Waals surface area contributed by atoms with Crippen molar-refractivity contribution in [3.8, 4) is 11.3 Å². The summed E-state index contributed by atoms with van der Waals surface area (Å²) in [5.41, 5.74) is 3.52. The van der Waals surface area contributed by atoms with E-state index < -0.39 is 0 Å². The molecule has 0 saturated carbocycles. The van der Waals surface area contributed by atoms with E-state index in [0.29, 0.717) is 0 Å². The summed E-state index contributed by atoms with van der Waals surface area (Å²) in [7, 11) is 0. The quantitative estimate of drug-likeness (QED) is 0.657. The largest absolute Gasteiger partial charge is 0.305 e. The minimum absolute atomic E-state index is 0. The molecular weight excluding hydrogens is 389 g/mol. The SMILES string of the molecule is CC(C)(C)c1cc[c-]c(-c2ccccn2)c1.[Pt]. The van der Waals surface area contributed by atoms with Crippen LogP contribution in [0.1, 0.15) is 26.3 Å². The van der Waals surface area contributed by atoms with Crippen LogP contribution in [-0.4, -0.2) is 4.98 Å². The number of rotatable bonds is 1. The Hall–Kier alpha value is -0.942. The second kappa shape index (κ2) is 5.60. The van der Waals surface area contributed by atoms with Crippen LogP contribution in [0.3, 0.4) is 0 Å². The van der Waals surface area contributed by atoms with Crippen molar-refractivity contribution in [2.75, 3.05) is 0 Å². The normalized spacial score (nSPS) is 10.8. The first-order valence-corrected chi connectivity index (χ1v) is 5.51. The van der Waals surface area contributed by atoms with Crippen LogP contribution in [0.15, 0.2) is 42.6 Å². The Labute approximate surface area is 118 Å². The summed E-state index contributed by atoms with van der Waals surface area (Å²) in [5.74, 6) is 0. The zero-order valence-corrected chi connectivity index (χ0v) is 12.6. The van der Waals surface area contributed by atoms with E-state index in [1.54, 1.807) is 0 Å². The van der Waals surface area contributed by atoms with E-state index in [4.69, 9.17) is 0 Å². The van der Waals surface area contributed by atoms with Crippen molar-refractivity contribution in [1.29, 1.82) is 0 Å². The van der Waals surface area contributed by atoms with Crippen LogP contribution in [0.4, 0.5) is 0 Å². The predicted molar refractivity (Wildman–Crippen MR) is 67.2 cm³/mol. The fourth-order valence-electron chi connectivity index (χ4n) is 1.60. The van der Waals surface area contributed by atoms with E-state index in [9.17, 15) is 0 Å². The maximum absolute atomic E-state index is 4.34. The fourth-order valence-corrected chi connectivity index (χ4v) is 1.60. The van der Waals surface area contributed by atoms with Gasteiger partial charge in [0, 0.05) is 27.3 Å². The van der Waals surface area contributed by atoms with E-state index in [1.807, 2.05) is 30.5 Å². The van der Waals surface area contributed by atoms with Gasteiger partial charge < -0.3 is 4.98 Å². The van der Waals surface area contributed by atoms with Crippen molar-refractivity contribution in [3.05, 3.63) is 54.2 Å². The van der Waals surface area contributed by atoms with Gasteiger partial charge in [-0.15, -0.1) is 35.4 Å². The Balaban J connectivity index is 0.00000144. The van der Waals surface area contributed by atoms with Gasteiger partial charge in [0.1, 0.15) is 0 Å². The molecule has 0 aliphatic carbocycles. The molecule has 2 rings (SSSR count). The molecule has 92 valence electrons. The third kappa shape index (κ3) is 3.51. The van der Waals surface area contributed by atoms with Crippen LogP contribution in [0, 0.1) is 6.07 Å². The minimum atomic E-state index is 0. The second-order valence-corrected chi connectivity index (χ2v) is 4.96. The maximum Gasteiger partial charge on any atom is 0.0160 e. The zero-order chi connectivity index (χ0) is 11.6. The van der Waals surface area contributed by atoms with Crippen LogP contribution >= 0.6 is 0 Å². The number of benzene rings is 1. The monoisotopic (exact) mass is 405 g/mol. The van der Waals surface area contributed by atoms with Crippen molar-refractivity contribution in [2.24, 2.45) is 0 Å². The molecule has 17 heavy (non-hydrogen) atoms. The van der Waals surface area contributed by atoms with Gasteiger partial charge in [0.2, 0.25) is 0 Å². The Morgan fingerprint density at radius 2 is 1.88 bits per heavy atom. The zero-order valence-electron chi connectivity index (χ0n) is 10.3. The van der Waals surface area contributed by atoms with Crippen LogP contribution in [0.5, 0.6) is 0 Å². The van der Waals surface area contributed by atoms with Crippen molar-refractivity contribution >= 4 is 0 Å². The third-order valence-corrected chi connectivity index (χ3v) is 2.61. The van der Waals surface area contributed by atoms with E-state index in [-0.39, 0.29) is 26.5 Å². The van der Waals surface area contributed by atoms with Gasteiger partial charge in [0.15, 0.2) is 0 Å². The number of hydrogen-bond donors (Lipinski definition) is 0. The summed E-state index contributed by atoms with van der Waals surface area (Å²) in [4.78, 5) is 4.34. The van der Waals surface area contributed by atoms with E-state index in [1.165, 1.54) is 5.56 Å². The molecule has 2 aromatic rings. The van der Waals surface area contributed by atoms with E-state index in [0.717, 1.165) is 11.3 Å². The summed E-state index contributed by atoms with van der Waals surface area (Å²) < 4.78 is 0. The van der Waals surface area contributed by atoms with Gasteiger partial charge in [-0.05, 0) is 17.2 Å².